The molecular weight excluding hydrogens is 649 g/mol. The molecule has 5 rings (SSSR count). The van der Waals surface area contributed by atoms with E-state index in [2.05, 4.69) is 31.8 Å². The SMILES string of the molecule is C=C(C)[C@@H]1CCC(C)=C[C@H]1c1c(O)cc(CCCCC)cc1OC(=S)OCC1=C(C(=O)O)N2C(=O)[C@@H](NC(=O)Cc3cccs3)C2CC1. The lowest BCUT2D eigenvalue weighted by Crippen LogP contribution is -2.71. The lowest BCUT2D eigenvalue weighted by Gasteiger charge is -2.50. The number of carbonyl (C=O) groups excluding carboxylic acids is 2. The highest BCUT2D eigenvalue weighted by atomic mass is 32.1. The summed E-state index contributed by atoms with van der Waals surface area (Å²) in [5.41, 5.74) is 4.05. The maximum atomic E-state index is 13.1. The average molecular weight is 693 g/mol. The van der Waals surface area contributed by atoms with E-state index in [4.69, 9.17) is 21.7 Å². The normalized spacial score (nSPS) is 21.9. The molecule has 0 spiro atoms. The largest absolute Gasteiger partial charge is 0.507 e. The predicted octanol–water partition coefficient (Wildman–Crippen LogP) is 6.95. The number of benzene rings is 1. The number of allylic oxidation sites excluding steroid dienone is 3. The number of nitrogens with zero attached hydrogens (tertiary/aromatic N) is 1. The zero-order valence-corrected chi connectivity index (χ0v) is 29.4. The lowest BCUT2D eigenvalue weighted by molar-refractivity contribution is -0.156. The van der Waals surface area contributed by atoms with E-state index in [0.29, 0.717) is 29.7 Å². The van der Waals surface area contributed by atoms with Crippen LogP contribution in [0.1, 0.15) is 87.6 Å². The number of amides is 2. The Kier molecular flexibility index (Phi) is 11.4. The molecule has 0 saturated carbocycles. The molecule has 1 aliphatic carbocycles. The number of aromatic hydroxyl groups is 1. The fourth-order valence-electron chi connectivity index (χ4n) is 7.06. The smallest absolute Gasteiger partial charge is 0.358 e. The van der Waals surface area contributed by atoms with Crippen LogP contribution in [0, 0.1) is 5.92 Å². The van der Waals surface area contributed by atoms with Crippen molar-refractivity contribution in [3.63, 3.8) is 0 Å². The van der Waals surface area contributed by atoms with Gasteiger partial charge in [0.1, 0.15) is 29.8 Å². The van der Waals surface area contributed by atoms with Crippen molar-refractivity contribution in [2.24, 2.45) is 5.92 Å². The Balaban J connectivity index is 1.32. The number of thiophene rings is 1. The number of β-lactam (4-membered cyclic amide) rings is 1. The van der Waals surface area contributed by atoms with Crippen LogP contribution in [-0.4, -0.2) is 56.8 Å². The summed E-state index contributed by atoms with van der Waals surface area (Å²) in [5, 5.41) is 25.9. The first-order valence-corrected chi connectivity index (χ1v) is 17.9. The number of aryl methyl sites for hydroxylation is 1. The van der Waals surface area contributed by atoms with Crippen molar-refractivity contribution in [1.29, 1.82) is 0 Å². The molecule has 9 nitrogen and oxygen atoms in total. The van der Waals surface area contributed by atoms with Crippen LogP contribution >= 0.6 is 23.6 Å². The first kappa shape index (κ1) is 35.3. The van der Waals surface area contributed by atoms with Gasteiger partial charge >= 0.3 is 11.2 Å². The molecule has 3 heterocycles. The molecule has 2 aliphatic heterocycles. The van der Waals surface area contributed by atoms with Gasteiger partial charge in [-0.15, -0.1) is 11.3 Å². The van der Waals surface area contributed by atoms with Crippen LogP contribution in [0.15, 0.2) is 64.7 Å². The maximum Gasteiger partial charge on any atom is 0.358 e. The molecule has 256 valence electrons. The van der Waals surface area contributed by atoms with Crippen molar-refractivity contribution in [1.82, 2.24) is 10.2 Å². The molecule has 1 saturated heterocycles. The zero-order chi connectivity index (χ0) is 34.5. The fraction of sp³-hybridized carbons (Fsp3) is 0.459. The molecule has 1 fully saturated rings. The van der Waals surface area contributed by atoms with Gasteiger partial charge in [-0.25, -0.2) is 4.79 Å². The van der Waals surface area contributed by atoms with Gasteiger partial charge in [-0.05, 0) is 93.0 Å². The number of fused-ring (bicyclic) bond motifs is 1. The number of ether oxygens (including phenoxy) is 2. The number of carboxylic acid groups (broad SMARTS) is 1. The van der Waals surface area contributed by atoms with E-state index >= 15 is 0 Å². The van der Waals surface area contributed by atoms with E-state index in [1.807, 2.05) is 30.5 Å². The number of unbranched alkanes of at least 4 members (excludes halogenated alkanes) is 2. The minimum atomic E-state index is -1.25. The number of thiocarbonyl (C=S) groups is 1. The van der Waals surface area contributed by atoms with Gasteiger partial charge in [-0.3, -0.25) is 14.5 Å². The third-order valence-corrected chi connectivity index (χ3v) is 10.6. The summed E-state index contributed by atoms with van der Waals surface area (Å²) in [7, 11) is 0. The van der Waals surface area contributed by atoms with Crippen LogP contribution in [-0.2, 0) is 32.0 Å². The number of carbonyl (C=O) groups is 3. The van der Waals surface area contributed by atoms with E-state index in [9.17, 15) is 24.6 Å². The fourth-order valence-corrected chi connectivity index (χ4v) is 7.91. The van der Waals surface area contributed by atoms with Gasteiger partial charge in [0, 0.05) is 28.6 Å². The number of carboxylic acids is 1. The number of phenolic OH excluding ortho intramolecular Hbond substituents is 1. The van der Waals surface area contributed by atoms with Gasteiger partial charge in [-0.2, -0.15) is 0 Å². The van der Waals surface area contributed by atoms with Gasteiger partial charge in [0.25, 0.3) is 5.91 Å². The van der Waals surface area contributed by atoms with Crippen molar-refractivity contribution in [3.05, 3.63) is 80.7 Å². The summed E-state index contributed by atoms with van der Waals surface area (Å²) in [5.74, 6) is -1.50. The first-order valence-electron chi connectivity index (χ1n) is 16.6. The van der Waals surface area contributed by atoms with Crippen LogP contribution in [0.2, 0.25) is 0 Å². The zero-order valence-electron chi connectivity index (χ0n) is 27.8. The molecule has 4 atom stereocenters. The summed E-state index contributed by atoms with van der Waals surface area (Å²) in [6.45, 7) is 10.3. The molecule has 2 amide bonds. The molecule has 1 aromatic heterocycles. The van der Waals surface area contributed by atoms with Gasteiger partial charge in [0.05, 0.1) is 12.5 Å². The average Bonchev–Trinajstić information content (AvgIpc) is 3.55. The van der Waals surface area contributed by atoms with Crippen molar-refractivity contribution >= 4 is 46.6 Å². The van der Waals surface area contributed by atoms with Crippen LogP contribution < -0.4 is 10.1 Å². The van der Waals surface area contributed by atoms with E-state index in [-0.39, 0.29) is 47.5 Å². The summed E-state index contributed by atoms with van der Waals surface area (Å²) >= 11 is 6.97. The summed E-state index contributed by atoms with van der Waals surface area (Å²) in [6.07, 6.45) is 8.86. The van der Waals surface area contributed by atoms with Crippen LogP contribution in [0.25, 0.3) is 0 Å². The number of nitrogens with one attached hydrogen (secondary N) is 1. The first-order chi connectivity index (χ1) is 23.0. The highest BCUT2D eigenvalue weighted by molar-refractivity contribution is 7.79. The topological polar surface area (TPSA) is 125 Å². The predicted molar refractivity (Wildman–Crippen MR) is 189 cm³/mol. The molecule has 1 aromatic carbocycles. The molecular formula is C37H44N2O7S2. The Labute approximate surface area is 291 Å². The number of hydrogen-bond acceptors (Lipinski definition) is 8. The highest BCUT2D eigenvalue weighted by Crippen LogP contribution is 2.47. The van der Waals surface area contributed by atoms with E-state index < -0.39 is 24.0 Å². The van der Waals surface area contributed by atoms with Gasteiger partial charge in [-0.1, -0.05) is 49.6 Å². The molecule has 3 N–H and O–H groups in total. The van der Waals surface area contributed by atoms with E-state index in [1.54, 1.807) is 6.07 Å². The lowest BCUT2D eigenvalue weighted by atomic mass is 9.73. The minimum Gasteiger partial charge on any atom is -0.507 e. The third-order valence-electron chi connectivity index (χ3n) is 9.49. The Morgan fingerprint density at radius 2 is 2.00 bits per heavy atom. The second kappa shape index (κ2) is 15.5. The Hall–Kier alpha value is -3.96. The molecule has 0 radical (unpaired) electrons. The Morgan fingerprint density at radius 1 is 1.21 bits per heavy atom. The second-order valence-corrected chi connectivity index (χ2v) is 14.4. The minimum absolute atomic E-state index is 0.110. The van der Waals surface area contributed by atoms with Crippen LogP contribution in [0.4, 0.5) is 0 Å². The standard InChI is InChI=1S/C37H44N2O7S2/c1-5-6-7-9-23-17-29(40)32(27-16-22(4)11-13-26(27)21(2)3)30(18-23)46-37(47)45-20-24-12-14-28-33(35(42)39(28)34(24)36(43)44)38-31(41)19-25-10-8-15-48-25/h8,10,15-18,26-28,33,40H,2,5-7,9,11-14,19-20H2,1,3-4H3,(H,38,41)(H,43,44)/t26-,27+,28?,33-/m0/s1. The Morgan fingerprint density at radius 3 is 2.69 bits per heavy atom. The van der Waals surface area contributed by atoms with Crippen LogP contribution in [0.5, 0.6) is 11.5 Å². The number of hydrogen-bond donors (Lipinski definition) is 3. The number of phenols is 1. The van der Waals surface area contributed by atoms with Crippen LogP contribution in [0.3, 0.4) is 0 Å². The molecule has 48 heavy (non-hydrogen) atoms. The monoisotopic (exact) mass is 692 g/mol. The van der Waals surface area contributed by atoms with Gasteiger partial charge < -0.3 is 25.0 Å². The molecule has 11 heteroatoms. The van der Waals surface area contributed by atoms with Crippen molar-refractivity contribution in [3.8, 4) is 11.5 Å². The molecule has 1 unspecified atom stereocenters. The summed E-state index contributed by atoms with van der Waals surface area (Å²) < 4.78 is 12.0. The van der Waals surface area contributed by atoms with E-state index in [0.717, 1.165) is 54.5 Å². The van der Waals surface area contributed by atoms with Gasteiger partial charge in [0.15, 0.2) is 0 Å². The van der Waals surface area contributed by atoms with Crippen molar-refractivity contribution in [2.45, 2.75) is 96.6 Å². The summed E-state index contributed by atoms with van der Waals surface area (Å²) in [6, 6.07) is 6.21. The maximum absolute atomic E-state index is 13.1. The Bertz CT molecular complexity index is 1640. The summed E-state index contributed by atoms with van der Waals surface area (Å²) in [4.78, 5) is 40.2. The van der Waals surface area contributed by atoms with E-state index in [1.165, 1.54) is 21.8 Å². The van der Waals surface area contributed by atoms with Crippen molar-refractivity contribution < 1.29 is 34.1 Å². The second-order valence-electron chi connectivity index (χ2n) is 13.0. The molecule has 3 aliphatic rings. The molecule has 0 bridgehead atoms. The third kappa shape index (κ3) is 7.84. The number of rotatable bonds is 13. The molecule has 2 aromatic rings. The van der Waals surface area contributed by atoms with Gasteiger partial charge in [0.2, 0.25) is 5.91 Å². The number of aliphatic carboxylic acids is 1. The van der Waals surface area contributed by atoms with Crippen molar-refractivity contribution in [2.75, 3.05) is 6.61 Å². The quantitative estimate of drug-likeness (QED) is 0.0892. The highest BCUT2D eigenvalue weighted by Gasteiger charge is 2.53.